The van der Waals surface area contributed by atoms with Gasteiger partial charge in [0.25, 0.3) is 0 Å². The summed E-state index contributed by atoms with van der Waals surface area (Å²) in [5.74, 6) is 2.50. The molecule has 0 aromatic heterocycles. The largest absolute Gasteiger partial charge is 0.481 e. The lowest BCUT2D eigenvalue weighted by atomic mass is 9.42. The van der Waals surface area contributed by atoms with Crippen LogP contribution in [0.25, 0.3) is 0 Å². The van der Waals surface area contributed by atoms with Crippen LogP contribution in [-0.4, -0.2) is 33.5 Å². The number of aliphatic carboxylic acids is 1. The maximum Gasteiger partial charge on any atom is 0.303 e. The van der Waals surface area contributed by atoms with Crippen LogP contribution >= 0.6 is 0 Å². The lowest BCUT2D eigenvalue weighted by Gasteiger charge is -2.64. The van der Waals surface area contributed by atoms with E-state index >= 15 is 0 Å². The van der Waals surface area contributed by atoms with E-state index in [-0.39, 0.29) is 35.4 Å². The van der Waals surface area contributed by atoms with Gasteiger partial charge in [-0.1, -0.05) is 27.7 Å². The first-order valence-electron chi connectivity index (χ1n) is 12.2. The second-order valence-electron chi connectivity index (χ2n) is 11.8. The van der Waals surface area contributed by atoms with Crippen LogP contribution in [-0.2, 0) is 4.79 Å². The summed E-state index contributed by atoms with van der Waals surface area (Å²) in [6, 6.07) is 0. The SMILES string of the molecule is CC(CCC(=O)O)[C@H]1CC[C@H]2[C@@H]3[C@H](O)[C@H](C)[C@@H]4C[C@H](O)CC[C@]4(C)[C@H]3CC[C@]12C. The Morgan fingerprint density at radius 3 is 2.34 bits per heavy atom. The Balaban J connectivity index is 1.59. The number of carbonyl (C=O) groups is 1. The highest BCUT2D eigenvalue weighted by atomic mass is 16.4. The van der Waals surface area contributed by atoms with Crippen LogP contribution in [0.15, 0.2) is 0 Å². The number of rotatable bonds is 4. The highest BCUT2D eigenvalue weighted by molar-refractivity contribution is 5.66. The third kappa shape index (κ3) is 3.28. The first-order valence-corrected chi connectivity index (χ1v) is 12.2. The third-order valence-corrected chi connectivity index (χ3v) is 10.7. The van der Waals surface area contributed by atoms with Gasteiger partial charge in [0, 0.05) is 6.42 Å². The van der Waals surface area contributed by atoms with Gasteiger partial charge in [0.1, 0.15) is 0 Å². The molecule has 4 saturated carbocycles. The van der Waals surface area contributed by atoms with E-state index in [9.17, 15) is 15.0 Å². The number of carboxylic acid groups (broad SMARTS) is 1. The third-order valence-electron chi connectivity index (χ3n) is 10.7. The van der Waals surface area contributed by atoms with Crippen LogP contribution < -0.4 is 0 Å². The number of hydrogen-bond acceptors (Lipinski definition) is 3. The highest BCUT2D eigenvalue weighted by Gasteiger charge is 2.64. The Labute approximate surface area is 176 Å². The van der Waals surface area contributed by atoms with E-state index in [1.807, 2.05) is 0 Å². The molecule has 0 saturated heterocycles. The molecule has 0 aromatic rings. The van der Waals surface area contributed by atoms with E-state index < -0.39 is 5.97 Å². The molecule has 0 aliphatic heterocycles. The van der Waals surface area contributed by atoms with Crippen molar-refractivity contribution in [3.05, 3.63) is 0 Å². The van der Waals surface area contributed by atoms with Gasteiger partial charge in [-0.05, 0) is 104 Å². The van der Waals surface area contributed by atoms with E-state index in [0.29, 0.717) is 35.5 Å². The number of aliphatic hydroxyl groups excluding tert-OH is 2. The Morgan fingerprint density at radius 1 is 1.00 bits per heavy atom. The number of carboxylic acids is 1. The molecule has 4 rings (SSSR count). The monoisotopic (exact) mass is 406 g/mol. The molecule has 11 atom stereocenters. The zero-order valence-electron chi connectivity index (χ0n) is 18.8. The molecule has 4 fully saturated rings. The maximum absolute atomic E-state index is 11.5. The van der Waals surface area contributed by atoms with E-state index in [4.69, 9.17) is 5.11 Å². The lowest BCUT2D eigenvalue weighted by molar-refractivity contribution is -0.199. The molecule has 0 bridgehead atoms. The molecule has 0 amide bonds. The van der Waals surface area contributed by atoms with E-state index in [0.717, 1.165) is 25.7 Å². The fourth-order valence-electron chi connectivity index (χ4n) is 9.18. The Bertz CT molecular complexity index is 634. The molecule has 29 heavy (non-hydrogen) atoms. The highest BCUT2D eigenvalue weighted by Crippen LogP contribution is 2.69. The van der Waals surface area contributed by atoms with Crippen molar-refractivity contribution in [1.82, 2.24) is 0 Å². The van der Waals surface area contributed by atoms with Gasteiger partial charge in [0.15, 0.2) is 0 Å². The lowest BCUT2D eigenvalue weighted by Crippen LogP contribution is -2.61. The smallest absolute Gasteiger partial charge is 0.303 e. The van der Waals surface area contributed by atoms with Crippen LogP contribution in [0.5, 0.6) is 0 Å². The van der Waals surface area contributed by atoms with Gasteiger partial charge >= 0.3 is 5.97 Å². The number of hydrogen-bond donors (Lipinski definition) is 3. The molecule has 4 heteroatoms. The predicted octanol–water partition coefficient (Wildman–Crippen LogP) is 4.72. The second-order valence-corrected chi connectivity index (χ2v) is 11.8. The van der Waals surface area contributed by atoms with Crippen molar-refractivity contribution in [2.45, 2.75) is 97.7 Å². The Kier molecular flexibility index (Phi) is 5.60. The van der Waals surface area contributed by atoms with Crippen molar-refractivity contribution in [2.75, 3.05) is 0 Å². The molecule has 0 aromatic carbocycles. The molecule has 0 spiro atoms. The predicted molar refractivity (Wildman–Crippen MR) is 113 cm³/mol. The normalized spacial score (nSPS) is 52.9. The fourth-order valence-corrected chi connectivity index (χ4v) is 9.18. The Morgan fingerprint density at radius 2 is 1.66 bits per heavy atom. The zero-order chi connectivity index (χ0) is 21.1. The topological polar surface area (TPSA) is 77.8 Å². The van der Waals surface area contributed by atoms with E-state index in [1.54, 1.807) is 0 Å². The summed E-state index contributed by atoms with van der Waals surface area (Å²) < 4.78 is 0. The molecule has 4 aliphatic rings. The number of aliphatic hydroxyl groups is 2. The molecule has 0 radical (unpaired) electrons. The van der Waals surface area contributed by atoms with Crippen molar-refractivity contribution in [3.8, 4) is 0 Å². The van der Waals surface area contributed by atoms with Crippen molar-refractivity contribution >= 4 is 5.97 Å². The minimum atomic E-state index is -0.685. The van der Waals surface area contributed by atoms with Crippen LogP contribution in [0.1, 0.15) is 85.5 Å². The van der Waals surface area contributed by atoms with Crippen molar-refractivity contribution in [3.63, 3.8) is 0 Å². The average Bonchev–Trinajstić information content (AvgIpc) is 3.02. The van der Waals surface area contributed by atoms with Crippen LogP contribution in [0.3, 0.4) is 0 Å². The molecular formula is C25H42O4. The van der Waals surface area contributed by atoms with E-state index in [2.05, 4.69) is 27.7 Å². The summed E-state index contributed by atoms with van der Waals surface area (Å²) >= 11 is 0. The average molecular weight is 407 g/mol. The maximum atomic E-state index is 11.5. The standard InChI is InChI=1S/C25H42O4/c1-14(5-8-21(27)28)17-6-7-18-22-19(10-12-24(17,18)3)25(4)11-9-16(26)13-20(25)15(2)23(22)29/h14-20,22-23,26,29H,5-13H2,1-4H3,(H,27,28)/t14?,15-,16-,17-,18+,19+,20+,22+,23-,24-,25-/m1/s1. The Hall–Kier alpha value is -0.610. The van der Waals surface area contributed by atoms with Gasteiger partial charge in [-0.3, -0.25) is 4.79 Å². The van der Waals surface area contributed by atoms with Crippen LogP contribution in [0.2, 0.25) is 0 Å². The minimum absolute atomic E-state index is 0.195. The van der Waals surface area contributed by atoms with Gasteiger partial charge in [-0.25, -0.2) is 0 Å². The first-order chi connectivity index (χ1) is 13.6. The van der Waals surface area contributed by atoms with Crippen LogP contribution in [0, 0.1) is 52.3 Å². The minimum Gasteiger partial charge on any atom is -0.481 e. The van der Waals surface area contributed by atoms with Gasteiger partial charge in [0.2, 0.25) is 0 Å². The molecule has 4 nitrogen and oxygen atoms in total. The van der Waals surface area contributed by atoms with Crippen molar-refractivity contribution < 1.29 is 20.1 Å². The zero-order valence-corrected chi connectivity index (χ0v) is 18.8. The summed E-state index contributed by atoms with van der Waals surface area (Å²) in [5, 5.41) is 31.0. The second kappa shape index (κ2) is 7.51. The molecule has 0 heterocycles. The molecule has 3 N–H and O–H groups in total. The van der Waals surface area contributed by atoms with Crippen LogP contribution in [0.4, 0.5) is 0 Å². The van der Waals surface area contributed by atoms with Gasteiger partial charge < -0.3 is 15.3 Å². The van der Waals surface area contributed by atoms with Crippen molar-refractivity contribution in [1.29, 1.82) is 0 Å². The van der Waals surface area contributed by atoms with Gasteiger partial charge in [-0.15, -0.1) is 0 Å². The fraction of sp³-hybridized carbons (Fsp3) is 0.960. The molecular weight excluding hydrogens is 364 g/mol. The molecule has 4 aliphatic carbocycles. The van der Waals surface area contributed by atoms with Gasteiger partial charge in [0.05, 0.1) is 12.2 Å². The number of fused-ring (bicyclic) bond motifs is 5. The summed E-state index contributed by atoms with van der Waals surface area (Å²) in [7, 11) is 0. The van der Waals surface area contributed by atoms with Crippen molar-refractivity contribution in [2.24, 2.45) is 52.3 Å². The van der Waals surface area contributed by atoms with E-state index in [1.165, 1.54) is 25.7 Å². The quantitative estimate of drug-likeness (QED) is 0.631. The molecule has 1 unspecified atom stereocenters. The molecule has 166 valence electrons. The summed E-state index contributed by atoms with van der Waals surface area (Å²) in [6.45, 7) is 9.41. The summed E-state index contributed by atoms with van der Waals surface area (Å²) in [5.41, 5.74) is 0.480. The van der Waals surface area contributed by atoms with Gasteiger partial charge in [-0.2, -0.15) is 0 Å². The summed E-state index contributed by atoms with van der Waals surface area (Å²) in [4.78, 5) is 11.1. The summed E-state index contributed by atoms with van der Waals surface area (Å²) in [6.07, 6.45) is 8.22. The first kappa shape index (κ1) is 21.6.